The molecule has 1 amide bonds. The van der Waals surface area contributed by atoms with Gasteiger partial charge in [0, 0.05) is 6.04 Å². The lowest BCUT2D eigenvalue weighted by Gasteiger charge is -2.31. The third-order valence-corrected chi connectivity index (χ3v) is 4.05. The zero-order chi connectivity index (χ0) is 14.0. The van der Waals surface area contributed by atoms with Gasteiger partial charge in [0.05, 0.1) is 11.8 Å². The summed E-state index contributed by atoms with van der Waals surface area (Å²) in [5.74, 6) is -1.60. The molecule has 0 aromatic rings. The Balaban J connectivity index is 2.01. The lowest BCUT2D eigenvalue weighted by Crippen LogP contribution is -2.56. The minimum atomic E-state index is -1.86. The summed E-state index contributed by atoms with van der Waals surface area (Å²) >= 11 is 9.91. The number of hydrogen-bond acceptors (Lipinski definition) is 5. The third-order valence-electron chi connectivity index (χ3n) is 3.11. The van der Waals surface area contributed by atoms with Gasteiger partial charge in [0.1, 0.15) is 6.61 Å². The molecule has 1 heterocycles. The summed E-state index contributed by atoms with van der Waals surface area (Å²) in [5.41, 5.74) is 0. The molecule has 104 valence electrons. The van der Waals surface area contributed by atoms with Crippen molar-refractivity contribution < 1.29 is 19.1 Å². The number of allylic oxidation sites excluding steroid dienone is 1. The van der Waals surface area contributed by atoms with Gasteiger partial charge in [0.25, 0.3) is 5.91 Å². The van der Waals surface area contributed by atoms with Gasteiger partial charge in [-0.05, 0) is 12.8 Å². The molecular weight excluding hydrogens is 290 g/mol. The second-order valence-corrected chi connectivity index (χ2v) is 5.82. The normalized spacial score (nSPS) is 35.3. The largest absolute Gasteiger partial charge is 0.346 e. The number of amides is 1. The molecule has 3 atom stereocenters. The first-order chi connectivity index (χ1) is 8.91. The average Bonchev–Trinajstić information content (AvgIpc) is 2.37. The van der Waals surface area contributed by atoms with Crippen molar-refractivity contribution in [3.05, 3.63) is 12.2 Å². The summed E-state index contributed by atoms with van der Waals surface area (Å²) in [6.45, 7) is -0.271. The van der Waals surface area contributed by atoms with Gasteiger partial charge in [-0.15, -0.1) is 24.2 Å². The van der Waals surface area contributed by atoms with Crippen molar-refractivity contribution >= 4 is 41.7 Å². The zero-order valence-corrected chi connectivity index (χ0v) is 11.7. The summed E-state index contributed by atoms with van der Waals surface area (Å²) in [4.78, 5) is 33.0. The van der Waals surface area contributed by atoms with E-state index in [1.165, 1.54) is 0 Å². The molecule has 2 rings (SSSR count). The number of ketones is 2. The monoisotopic (exact) mass is 303 g/mol. The molecular formula is C12H14ClNO4S. The van der Waals surface area contributed by atoms with Crippen molar-refractivity contribution in [3.63, 3.8) is 0 Å². The Morgan fingerprint density at radius 2 is 2.16 bits per heavy atom. The van der Waals surface area contributed by atoms with Crippen LogP contribution in [0.1, 0.15) is 19.3 Å². The Kier molecular flexibility index (Phi) is 4.32. The van der Waals surface area contributed by atoms with Gasteiger partial charge in [-0.1, -0.05) is 12.2 Å². The second-order valence-electron chi connectivity index (χ2n) is 4.63. The number of Topliss-reactive ketones (excluding diaryl/α,β-unsaturated/α-hetero) is 2. The molecule has 5 nitrogen and oxygen atoms in total. The zero-order valence-electron chi connectivity index (χ0n) is 10.1. The van der Waals surface area contributed by atoms with Crippen LogP contribution in [0.2, 0.25) is 0 Å². The highest BCUT2D eigenvalue weighted by Crippen LogP contribution is 2.25. The maximum absolute atomic E-state index is 12.1. The van der Waals surface area contributed by atoms with Crippen molar-refractivity contribution in [1.29, 1.82) is 0 Å². The van der Waals surface area contributed by atoms with Crippen LogP contribution < -0.4 is 5.32 Å². The summed E-state index contributed by atoms with van der Waals surface area (Å²) < 4.78 is 5.02. The Labute approximate surface area is 121 Å². The lowest BCUT2D eigenvalue weighted by molar-refractivity contribution is -0.156. The molecule has 1 saturated heterocycles. The van der Waals surface area contributed by atoms with Crippen LogP contribution in [0, 0.1) is 0 Å². The molecule has 0 spiro atoms. The SMILES string of the molecule is O=C1COC(S)(C(=O)NC2C=CC(Cl)CC2)C(=O)C1. The van der Waals surface area contributed by atoms with E-state index in [-0.39, 0.29) is 30.2 Å². The summed E-state index contributed by atoms with van der Waals surface area (Å²) in [6.07, 6.45) is 4.70. The fourth-order valence-electron chi connectivity index (χ4n) is 1.98. The van der Waals surface area contributed by atoms with Crippen LogP contribution in [0.15, 0.2) is 12.2 Å². The van der Waals surface area contributed by atoms with E-state index in [4.69, 9.17) is 16.3 Å². The molecule has 0 bridgehead atoms. The molecule has 1 aliphatic heterocycles. The van der Waals surface area contributed by atoms with E-state index < -0.39 is 16.6 Å². The Morgan fingerprint density at radius 3 is 2.74 bits per heavy atom. The molecule has 2 aliphatic rings. The number of thiol groups is 1. The molecule has 3 unspecified atom stereocenters. The van der Waals surface area contributed by atoms with Crippen LogP contribution in [0.5, 0.6) is 0 Å². The number of halogens is 1. The molecule has 0 aromatic heterocycles. The number of ether oxygens (including phenoxy) is 1. The molecule has 0 radical (unpaired) electrons. The van der Waals surface area contributed by atoms with Gasteiger partial charge in [-0.3, -0.25) is 14.4 Å². The molecule has 0 aromatic carbocycles. The van der Waals surface area contributed by atoms with Crippen molar-refractivity contribution in [2.45, 2.75) is 35.6 Å². The van der Waals surface area contributed by atoms with Crippen LogP contribution in [0.25, 0.3) is 0 Å². The average molecular weight is 304 g/mol. The summed E-state index contributed by atoms with van der Waals surface area (Å²) in [6, 6.07) is -0.194. The lowest BCUT2D eigenvalue weighted by atomic mass is 10.0. The van der Waals surface area contributed by atoms with Gasteiger partial charge in [-0.25, -0.2) is 0 Å². The first-order valence-corrected chi connectivity index (χ1v) is 6.85. The molecule has 1 fully saturated rings. The molecule has 7 heteroatoms. The van der Waals surface area contributed by atoms with E-state index in [0.29, 0.717) is 6.42 Å². The number of nitrogens with one attached hydrogen (secondary N) is 1. The predicted molar refractivity (Wildman–Crippen MR) is 72.2 cm³/mol. The van der Waals surface area contributed by atoms with E-state index in [2.05, 4.69) is 17.9 Å². The van der Waals surface area contributed by atoms with E-state index >= 15 is 0 Å². The smallest absolute Gasteiger partial charge is 0.271 e. The standard InChI is InChI=1S/C12H14ClNO4S/c13-7-1-3-8(4-2-7)14-11(17)12(19)10(16)5-9(15)6-18-12/h1,3,7-8,19H,2,4-6H2,(H,14,17). The minimum absolute atomic E-state index is 0.0247. The molecule has 1 aliphatic carbocycles. The second kappa shape index (κ2) is 5.64. The quantitative estimate of drug-likeness (QED) is 0.339. The van der Waals surface area contributed by atoms with E-state index in [1.54, 1.807) is 12.2 Å². The number of rotatable bonds is 2. The summed E-state index contributed by atoms with van der Waals surface area (Å²) in [5, 5.41) is 2.65. The predicted octanol–water partition coefficient (Wildman–Crippen LogP) is 0.613. The van der Waals surface area contributed by atoms with Crippen LogP contribution in [-0.2, 0) is 19.1 Å². The van der Waals surface area contributed by atoms with Gasteiger partial charge < -0.3 is 10.1 Å². The molecule has 19 heavy (non-hydrogen) atoms. The highest BCUT2D eigenvalue weighted by molar-refractivity contribution is 7.83. The van der Waals surface area contributed by atoms with E-state index in [1.807, 2.05) is 0 Å². The van der Waals surface area contributed by atoms with Crippen molar-refractivity contribution in [2.75, 3.05) is 6.61 Å². The first-order valence-electron chi connectivity index (χ1n) is 5.96. The van der Waals surface area contributed by atoms with Crippen molar-refractivity contribution in [2.24, 2.45) is 0 Å². The summed E-state index contributed by atoms with van der Waals surface area (Å²) in [7, 11) is 0. The maximum atomic E-state index is 12.1. The van der Waals surface area contributed by atoms with Crippen LogP contribution in [0.4, 0.5) is 0 Å². The Hall–Kier alpha value is -0.850. The van der Waals surface area contributed by atoms with E-state index in [0.717, 1.165) is 6.42 Å². The number of hydrogen-bond donors (Lipinski definition) is 2. The number of carbonyl (C=O) groups excluding carboxylic acids is 3. The Morgan fingerprint density at radius 1 is 1.42 bits per heavy atom. The minimum Gasteiger partial charge on any atom is -0.346 e. The van der Waals surface area contributed by atoms with Gasteiger partial charge >= 0.3 is 0 Å². The first kappa shape index (κ1) is 14.6. The van der Waals surface area contributed by atoms with E-state index in [9.17, 15) is 14.4 Å². The highest BCUT2D eigenvalue weighted by atomic mass is 35.5. The fraction of sp³-hybridized carbons (Fsp3) is 0.583. The van der Waals surface area contributed by atoms with Crippen molar-refractivity contribution in [1.82, 2.24) is 5.32 Å². The number of alkyl halides is 1. The van der Waals surface area contributed by atoms with Crippen molar-refractivity contribution in [3.8, 4) is 0 Å². The van der Waals surface area contributed by atoms with Crippen LogP contribution in [-0.4, -0.2) is 40.4 Å². The fourth-order valence-corrected chi connectivity index (χ4v) is 2.40. The molecule has 0 saturated carbocycles. The van der Waals surface area contributed by atoms with Gasteiger partial charge in [0.15, 0.2) is 11.6 Å². The topological polar surface area (TPSA) is 72.5 Å². The molecule has 1 N–H and O–H groups in total. The maximum Gasteiger partial charge on any atom is 0.271 e. The Bertz CT molecular complexity index is 453. The van der Waals surface area contributed by atoms with Crippen LogP contribution >= 0.6 is 24.2 Å². The third kappa shape index (κ3) is 3.19. The van der Waals surface area contributed by atoms with Gasteiger partial charge in [-0.2, -0.15) is 0 Å². The highest BCUT2D eigenvalue weighted by Gasteiger charge is 2.47. The van der Waals surface area contributed by atoms with Gasteiger partial charge in [0.2, 0.25) is 4.93 Å². The number of carbonyl (C=O) groups is 3. The van der Waals surface area contributed by atoms with Crippen LogP contribution in [0.3, 0.4) is 0 Å².